The molecule has 0 aromatic heterocycles. The molecule has 2 rings (SSSR count). The largest absolute Gasteiger partial charge is 0.506 e. The molecular formula is C17H14Br2N4O6. The molecule has 10 nitrogen and oxygen atoms in total. The molecule has 0 amide bonds. The molecule has 2 aromatic carbocycles. The second-order valence-corrected chi connectivity index (χ2v) is 7.58. The first kappa shape index (κ1) is 22.4. The Morgan fingerprint density at radius 2 is 1.41 bits per heavy atom. The molecule has 0 fully saturated rings. The van der Waals surface area contributed by atoms with Gasteiger partial charge in [0.05, 0.1) is 31.4 Å². The fraction of sp³-hybridized carbons (Fsp3) is 0.176. The van der Waals surface area contributed by atoms with Gasteiger partial charge in [0.2, 0.25) is 0 Å². The third kappa shape index (κ3) is 5.81. The smallest absolute Gasteiger partial charge is 0.271 e. The standard InChI is InChI=1S/C17H14Br2N4O6/c1-9(21-8-11-3-13(23(28)29)5-15(19)17(11)25)6-20-7-10-2-12(22(26)27)4-14(18)16(10)24/h2-5,7-9,24-25H,6H2,1H3/t9-/m1/s1. The van der Waals surface area contributed by atoms with E-state index in [-0.39, 0.29) is 55.5 Å². The Kier molecular flexibility index (Phi) is 7.40. The number of non-ortho nitro benzene ring substituents is 2. The monoisotopic (exact) mass is 528 g/mol. The second kappa shape index (κ2) is 9.56. The molecule has 0 aliphatic carbocycles. The van der Waals surface area contributed by atoms with Crippen molar-refractivity contribution in [2.45, 2.75) is 13.0 Å². The third-order valence-electron chi connectivity index (χ3n) is 3.65. The quantitative estimate of drug-likeness (QED) is 0.308. The first-order valence-electron chi connectivity index (χ1n) is 7.97. The first-order valence-corrected chi connectivity index (χ1v) is 9.55. The topological polar surface area (TPSA) is 151 Å². The summed E-state index contributed by atoms with van der Waals surface area (Å²) in [5.41, 5.74) is -0.0629. The average Bonchev–Trinajstić information content (AvgIpc) is 2.65. The van der Waals surface area contributed by atoms with Crippen molar-refractivity contribution in [3.05, 3.63) is 64.6 Å². The van der Waals surface area contributed by atoms with Crippen molar-refractivity contribution in [1.29, 1.82) is 0 Å². The van der Waals surface area contributed by atoms with Gasteiger partial charge >= 0.3 is 0 Å². The fourth-order valence-corrected chi connectivity index (χ4v) is 3.10. The number of halogens is 2. The van der Waals surface area contributed by atoms with E-state index in [0.717, 1.165) is 0 Å². The number of phenols is 2. The SMILES string of the molecule is C[C@H](CN=Cc1cc([N+](=O)[O-])cc(Br)c1O)N=Cc1cc([N+](=O)[O-])cc(Br)c1O. The molecular weight excluding hydrogens is 516 g/mol. The zero-order valence-electron chi connectivity index (χ0n) is 14.8. The van der Waals surface area contributed by atoms with Crippen LogP contribution in [0, 0.1) is 20.2 Å². The van der Waals surface area contributed by atoms with E-state index in [0.29, 0.717) is 0 Å². The molecule has 152 valence electrons. The van der Waals surface area contributed by atoms with Gasteiger partial charge in [0.15, 0.2) is 0 Å². The van der Waals surface area contributed by atoms with E-state index >= 15 is 0 Å². The summed E-state index contributed by atoms with van der Waals surface area (Å²) in [6.07, 6.45) is 2.59. The molecule has 2 aromatic rings. The van der Waals surface area contributed by atoms with Crippen LogP contribution in [0.15, 0.2) is 43.2 Å². The molecule has 0 radical (unpaired) electrons. The summed E-state index contributed by atoms with van der Waals surface area (Å²) in [6.45, 7) is 1.90. The summed E-state index contributed by atoms with van der Waals surface area (Å²) in [5.74, 6) is -0.358. The van der Waals surface area contributed by atoms with Gasteiger partial charge in [-0.1, -0.05) is 0 Å². The van der Waals surface area contributed by atoms with E-state index in [1.165, 1.54) is 36.7 Å². The number of hydrogen-bond acceptors (Lipinski definition) is 8. The summed E-state index contributed by atoms with van der Waals surface area (Å²) in [5, 5.41) is 41.8. The van der Waals surface area contributed by atoms with Gasteiger partial charge in [-0.05, 0) is 38.8 Å². The van der Waals surface area contributed by atoms with Gasteiger partial charge in [0.1, 0.15) is 11.5 Å². The summed E-state index contributed by atoms with van der Waals surface area (Å²) < 4.78 is 0.344. The fourth-order valence-electron chi connectivity index (χ4n) is 2.18. The molecule has 12 heteroatoms. The predicted molar refractivity (Wildman–Crippen MR) is 114 cm³/mol. The van der Waals surface area contributed by atoms with Crippen LogP contribution in [0.4, 0.5) is 11.4 Å². The molecule has 0 unspecified atom stereocenters. The zero-order valence-corrected chi connectivity index (χ0v) is 18.0. The number of phenolic OH excluding ortho intramolecular Hbond substituents is 2. The maximum atomic E-state index is 10.9. The average molecular weight is 530 g/mol. The maximum Gasteiger partial charge on any atom is 0.271 e. The lowest BCUT2D eigenvalue weighted by Gasteiger charge is -2.05. The third-order valence-corrected chi connectivity index (χ3v) is 4.85. The predicted octanol–water partition coefficient (Wildman–Crippen LogP) is 4.37. The Labute approximate surface area is 181 Å². The van der Waals surface area contributed by atoms with Crippen molar-refractivity contribution in [3.63, 3.8) is 0 Å². The summed E-state index contributed by atoms with van der Waals surface area (Å²) in [6, 6.07) is 4.38. The number of benzene rings is 2. The number of rotatable bonds is 7. The highest BCUT2D eigenvalue weighted by molar-refractivity contribution is 9.10. The van der Waals surface area contributed by atoms with Crippen molar-refractivity contribution in [1.82, 2.24) is 0 Å². The van der Waals surface area contributed by atoms with Crippen molar-refractivity contribution in [2.24, 2.45) is 9.98 Å². The minimum absolute atomic E-state index is 0.169. The molecule has 0 heterocycles. The van der Waals surface area contributed by atoms with E-state index < -0.39 is 9.85 Å². The van der Waals surface area contributed by atoms with Gasteiger partial charge in [0, 0.05) is 47.8 Å². The number of aliphatic imine (C=N–C) groups is 2. The van der Waals surface area contributed by atoms with E-state index in [9.17, 15) is 30.4 Å². The van der Waals surface area contributed by atoms with Crippen LogP contribution in [0.3, 0.4) is 0 Å². The molecule has 0 saturated carbocycles. The Morgan fingerprint density at radius 3 is 1.86 bits per heavy atom. The molecule has 0 saturated heterocycles. The molecule has 0 aliphatic rings. The molecule has 0 spiro atoms. The van der Waals surface area contributed by atoms with Crippen LogP contribution in [0.1, 0.15) is 18.1 Å². The molecule has 2 N–H and O–H groups in total. The molecule has 1 atom stereocenters. The zero-order chi connectivity index (χ0) is 21.7. The lowest BCUT2D eigenvalue weighted by Crippen LogP contribution is -2.04. The van der Waals surface area contributed by atoms with Crippen LogP contribution in [-0.4, -0.2) is 45.1 Å². The first-order chi connectivity index (χ1) is 13.6. The summed E-state index contributed by atoms with van der Waals surface area (Å²) in [7, 11) is 0. The number of aromatic hydroxyl groups is 2. The van der Waals surface area contributed by atoms with Gasteiger partial charge in [-0.25, -0.2) is 0 Å². The van der Waals surface area contributed by atoms with E-state index in [1.807, 2.05) is 0 Å². The van der Waals surface area contributed by atoms with Gasteiger partial charge < -0.3 is 10.2 Å². The Balaban J connectivity index is 2.14. The number of nitro benzene ring substituents is 2. The maximum absolute atomic E-state index is 10.9. The molecule has 29 heavy (non-hydrogen) atoms. The van der Waals surface area contributed by atoms with Gasteiger partial charge in [-0.3, -0.25) is 30.2 Å². The number of nitrogens with zero attached hydrogens (tertiary/aromatic N) is 4. The Morgan fingerprint density at radius 1 is 0.966 bits per heavy atom. The minimum Gasteiger partial charge on any atom is -0.506 e. The van der Waals surface area contributed by atoms with Crippen molar-refractivity contribution < 1.29 is 20.1 Å². The van der Waals surface area contributed by atoms with Crippen LogP contribution >= 0.6 is 31.9 Å². The Bertz CT molecular complexity index is 1030. The van der Waals surface area contributed by atoms with Gasteiger partial charge in [-0.2, -0.15) is 0 Å². The highest BCUT2D eigenvalue weighted by Crippen LogP contribution is 2.32. The highest BCUT2D eigenvalue weighted by Gasteiger charge is 2.15. The lowest BCUT2D eigenvalue weighted by atomic mass is 10.2. The van der Waals surface area contributed by atoms with Crippen LogP contribution in [0.5, 0.6) is 11.5 Å². The minimum atomic E-state index is -0.585. The normalized spacial score (nSPS) is 12.5. The van der Waals surface area contributed by atoms with Gasteiger partial charge in [-0.15, -0.1) is 0 Å². The van der Waals surface area contributed by atoms with Crippen LogP contribution in [0.2, 0.25) is 0 Å². The lowest BCUT2D eigenvalue weighted by molar-refractivity contribution is -0.385. The van der Waals surface area contributed by atoms with E-state index in [1.54, 1.807) is 6.92 Å². The van der Waals surface area contributed by atoms with Crippen LogP contribution in [-0.2, 0) is 0 Å². The van der Waals surface area contributed by atoms with E-state index in [2.05, 4.69) is 41.8 Å². The van der Waals surface area contributed by atoms with Crippen molar-refractivity contribution >= 4 is 55.7 Å². The van der Waals surface area contributed by atoms with Gasteiger partial charge in [0.25, 0.3) is 11.4 Å². The molecule has 0 aliphatic heterocycles. The van der Waals surface area contributed by atoms with Crippen LogP contribution < -0.4 is 0 Å². The second-order valence-electron chi connectivity index (χ2n) is 5.87. The van der Waals surface area contributed by atoms with Crippen molar-refractivity contribution in [3.8, 4) is 11.5 Å². The van der Waals surface area contributed by atoms with E-state index in [4.69, 9.17) is 0 Å². The van der Waals surface area contributed by atoms with Crippen LogP contribution in [0.25, 0.3) is 0 Å². The Hall–Kier alpha value is -2.86. The summed E-state index contributed by atoms with van der Waals surface area (Å²) >= 11 is 6.10. The summed E-state index contributed by atoms with van der Waals surface area (Å²) in [4.78, 5) is 29.0. The number of nitro groups is 2. The highest BCUT2D eigenvalue weighted by atomic mass is 79.9. The molecule has 0 bridgehead atoms. The van der Waals surface area contributed by atoms with Crippen molar-refractivity contribution in [2.75, 3.05) is 6.54 Å². The number of hydrogen-bond donors (Lipinski definition) is 2.